The first kappa shape index (κ1) is 16.7. The monoisotopic (exact) mass is 372 g/mol. The number of rotatable bonds is 3. The molecule has 0 radical (unpaired) electrons. The molecule has 1 saturated heterocycles. The maximum absolute atomic E-state index is 12.8. The van der Waals surface area contributed by atoms with E-state index in [0.717, 1.165) is 0 Å². The molecule has 134 valence electrons. The van der Waals surface area contributed by atoms with Crippen molar-refractivity contribution in [2.75, 3.05) is 26.2 Å². The minimum Gasteiger partial charge on any atom is -0.443 e. The van der Waals surface area contributed by atoms with Gasteiger partial charge in [0.2, 0.25) is 10.0 Å². The molecule has 0 atom stereocenters. The van der Waals surface area contributed by atoms with Crippen molar-refractivity contribution in [1.29, 1.82) is 0 Å². The second kappa shape index (κ2) is 6.50. The number of oxazole rings is 1. The molecule has 1 aliphatic rings. The molecule has 3 aromatic rings. The average molecular weight is 372 g/mol. The van der Waals surface area contributed by atoms with Crippen LogP contribution in [0.15, 0.2) is 58.4 Å². The van der Waals surface area contributed by atoms with Crippen molar-refractivity contribution in [2.24, 2.45) is 0 Å². The zero-order chi connectivity index (χ0) is 18.1. The van der Waals surface area contributed by atoms with Gasteiger partial charge in [0.15, 0.2) is 12.0 Å². The van der Waals surface area contributed by atoms with Crippen LogP contribution in [0, 0.1) is 0 Å². The number of sulfonamides is 1. The van der Waals surface area contributed by atoms with Crippen LogP contribution in [0.25, 0.3) is 11.1 Å². The summed E-state index contributed by atoms with van der Waals surface area (Å²) in [6.07, 6.45) is 4.40. The van der Waals surface area contributed by atoms with E-state index in [9.17, 15) is 13.2 Å². The molecule has 26 heavy (non-hydrogen) atoms. The molecular weight excluding hydrogens is 356 g/mol. The molecule has 0 unspecified atom stereocenters. The molecule has 2 aromatic heterocycles. The molecule has 8 nitrogen and oxygen atoms in total. The van der Waals surface area contributed by atoms with Crippen LogP contribution < -0.4 is 0 Å². The molecule has 0 N–H and O–H groups in total. The third kappa shape index (κ3) is 2.95. The molecule has 4 rings (SSSR count). The van der Waals surface area contributed by atoms with Gasteiger partial charge in [-0.25, -0.2) is 13.4 Å². The summed E-state index contributed by atoms with van der Waals surface area (Å²) in [5.41, 5.74) is 1.53. The summed E-state index contributed by atoms with van der Waals surface area (Å²) < 4.78 is 32.3. The van der Waals surface area contributed by atoms with E-state index in [1.807, 2.05) is 0 Å². The molecule has 1 fully saturated rings. The highest BCUT2D eigenvalue weighted by molar-refractivity contribution is 7.89. The van der Waals surface area contributed by atoms with Crippen molar-refractivity contribution in [3.8, 4) is 0 Å². The summed E-state index contributed by atoms with van der Waals surface area (Å²) in [6, 6.07) is 8.02. The van der Waals surface area contributed by atoms with Crippen molar-refractivity contribution in [3.63, 3.8) is 0 Å². The number of carbonyl (C=O) groups excluding carboxylic acids is 1. The van der Waals surface area contributed by atoms with E-state index in [-0.39, 0.29) is 23.9 Å². The molecule has 1 amide bonds. The van der Waals surface area contributed by atoms with Gasteiger partial charge < -0.3 is 9.32 Å². The van der Waals surface area contributed by atoms with Crippen LogP contribution in [-0.2, 0) is 10.0 Å². The number of hydrogen-bond acceptors (Lipinski definition) is 6. The SMILES string of the molecule is O=C(c1cccnc1)N1CCN(S(=O)(=O)c2ccc3ncoc3c2)CC1. The summed E-state index contributed by atoms with van der Waals surface area (Å²) in [6.45, 7) is 1.14. The van der Waals surface area contributed by atoms with Gasteiger partial charge in [0, 0.05) is 44.6 Å². The molecule has 9 heteroatoms. The van der Waals surface area contributed by atoms with Gasteiger partial charge in [0.25, 0.3) is 5.91 Å². The quantitative estimate of drug-likeness (QED) is 0.689. The number of carbonyl (C=O) groups is 1. The Kier molecular flexibility index (Phi) is 4.17. The first-order chi connectivity index (χ1) is 12.6. The van der Waals surface area contributed by atoms with Crippen molar-refractivity contribution in [3.05, 3.63) is 54.7 Å². The zero-order valence-corrected chi connectivity index (χ0v) is 14.6. The molecule has 0 saturated carbocycles. The van der Waals surface area contributed by atoms with Crippen molar-refractivity contribution in [1.82, 2.24) is 19.2 Å². The maximum Gasteiger partial charge on any atom is 0.255 e. The van der Waals surface area contributed by atoms with Gasteiger partial charge in [-0.2, -0.15) is 4.31 Å². The maximum atomic E-state index is 12.8. The molecule has 1 aliphatic heterocycles. The Morgan fingerprint density at radius 1 is 1.12 bits per heavy atom. The van der Waals surface area contributed by atoms with Gasteiger partial charge >= 0.3 is 0 Å². The van der Waals surface area contributed by atoms with Crippen molar-refractivity contribution >= 4 is 27.0 Å². The second-order valence-corrected chi connectivity index (χ2v) is 7.86. The van der Waals surface area contributed by atoms with Crippen LogP contribution in [-0.4, -0.2) is 59.7 Å². The number of piperazine rings is 1. The molecule has 0 aliphatic carbocycles. The number of hydrogen-bond donors (Lipinski definition) is 0. The smallest absolute Gasteiger partial charge is 0.255 e. The summed E-state index contributed by atoms with van der Waals surface area (Å²) >= 11 is 0. The minimum atomic E-state index is -3.65. The third-order valence-corrected chi connectivity index (χ3v) is 6.27. The Labute approximate surface area is 150 Å². The van der Waals surface area contributed by atoms with Crippen LogP contribution in [0.5, 0.6) is 0 Å². The van der Waals surface area contributed by atoms with E-state index in [0.29, 0.717) is 29.8 Å². The van der Waals surface area contributed by atoms with E-state index >= 15 is 0 Å². The Bertz CT molecular complexity index is 1040. The van der Waals surface area contributed by atoms with Gasteiger partial charge in [0.1, 0.15) is 5.52 Å². The number of nitrogens with zero attached hydrogens (tertiary/aromatic N) is 4. The first-order valence-corrected chi connectivity index (χ1v) is 9.52. The van der Waals surface area contributed by atoms with Crippen molar-refractivity contribution in [2.45, 2.75) is 4.90 Å². The van der Waals surface area contributed by atoms with Crippen LogP contribution in [0.1, 0.15) is 10.4 Å². The highest BCUT2D eigenvalue weighted by Crippen LogP contribution is 2.22. The van der Waals surface area contributed by atoms with Crippen molar-refractivity contribution < 1.29 is 17.6 Å². The third-order valence-electron chi connectivity index (χ3n) is 4.37. The van der Waals surface area contributed by atoms with Crippen LogP contribution in [0.3, 0.4) is 0 Å². The Balaban J connectivity index is 1.49. The molecule has 0 spiro atoms. The molecule has 3 heterocycles. The van der Waals surface area contributed by atoms with E-state index in [4.69, 9.17) is 4.42 Å². The lowest BCUT2D eigenvalue weighted by Crippen LogP contribution is -2.50. The average Bonchev–Trinajstić information content (AvgIpc) is 3.16. The number of aromatic nitrogens is 2. The van der Waals surface area contributed by atoms with Gasteiger partial charge in [-0.05, 0) is 24.3 Å². The van der Waals surface area contributed by atoms with E-state index in [1.165, 1.54) is 29.0 Å². The zero-order valence-electron chi connectivity index (χ0n) is 13.8. The Morgan fingerprint density at radius 3 is 2.65 bits per heavy atom. The summed E-state index contributed by atoms with van der Waals surface area (Å²) in [4.78, 5) is 22.2. The Hall–Kier alpha value is -2.78. The fourth-order valence-corrected chi connectivity index (χ4v) is 4.39. The summed E-state index contributed by atoms with van der Waals surface area (Å²) in [5, 5.41) is 0. The number of pyridine rings is 1. The summed E-state index contributed by atoms with van der Waals surface area (Å²) in [7, 11) is -3.65. The van der Waals surface area contributed by atoms with Crippen LogP contribution in [0.4, 0.5) is 0 Å². The highest BCUT2D eigenvalue weighted by atomic mass is 32.2. The van der Waals surface area contributed by atoms with Gasteiger partial charge in [-0.3, -0.25) is 9.78 Å². The number of benzene rings is 1. The minimum absolute atomic E-state index is 0.141. The Morgan fingerprint density at radius 2 is 1.92 bits per heavy atom. The largest absolute Gasteiger partial charge is 0.443 e. The fraction of sp³-hybridized carbons (Fsp3) is 0.235. The lowest BCUT2D eigenvalue weighted by molar-refractivity contribution is 0.0697. The predicted molar refractivity (Wildman–Crippen MR) is 92.9 cm³/mol. The van der Waals surface area contributed by atoms with Crippen LogP contribution in [0.2, 0.25) is 0 Å². The van der Waals surface area contributed by atoms with Gasteiger partial charge in [-0.15, -0.1) is 0 Å². The second-order valence-electron chi connectivity index (χ2n) is 5.92. The summed E-state index contributed by atoms with van der Waals surface area (Å²) in [5.74, 6) is -0.141. The lowest BCUT2D eigenvalue weighted by Gasteiger charge is -2.34. The first-order valence-electron chi connectivity index (χ1n) is 8.08. The van der Waals surface area contributed by atoms with E-state index in [2.05, 4.69) is 9.97 Å². The van der Waals surface area contributed by atoms with E-state index in [1.54, 1.807) is 29.3 Å². The predicted octanol–water partition coefficient (Wildman–Crippen LogP) is 1.37. The van der Waals surface area contributed by atoms with E-state index < -0.39 is 10.0 Å². The molecular formula is C17H16N4O4S. The fourth-order valence-electron chi connectivity index (χ4n) is 2.95. The standard InChI is InChI=1S/C17H16N4O4S/c22-17(13-2-1-5-18-11-13)20-6-8-21(9-7-20)26(23,24)14-3-4-15-16(10-14)25-12-19-15/h1-5,10-12H,6-9H2. The molecule has 1 aromatic carbocycles. The van der Waals surface area contributed by atoms with Crippen LogP contribution >= 0.6 is 0 Å². The lowest BCUT2D eigenvalue weighted by atomic mass is 10.2. The topological polar surface area (TPSA) is 96.6 Å². The number of amides is 1. The van der Waals surface area contributed by atoms with Gasteiger partial charge in [0.05, 0.1) is 10.5 Å². The number of fused-ring (bicyclic) bond motifs is 1. The molecule has 0 bridgehead atoms. The normalized spacial score (nSPS) is 16.1. The highest BCUT2D eigenvalue weighted by Gasteiger charge is 2.30. The van der Waals surface area contributed by atoms with Gasteiger partial charge in [-0.1, -0.05) is 0 Å².